The fourth-order valence-corrected chi connectivity index (χ4v) is 9.68. The van der Waals surface area contributed by atoms with Crippen molar-refractivity contribution in [3.63, 3.8) is 0 Å². The van der Waals surface area contributed by atoms with Crippen LogP contribution in [-0.4, -0.2) is 16.2 Å². The fourth-order valence-electron chi connectivity index (χ4n) is 9.68. The quantitative estimate of drug-likeness (QED) is 0.160. The van der Waals surface area contributed by atoms with Crippen molar-refractivity contribution in [3.8, 4) is 17.3 Å². The highest BCUT2D eigenvalue weighted by atomic mass is 16.5. The lowest BCUT2D eigenvalue weighted by atomic mass is 9.74. The van der Waals surface area contributed by atoms with Crippen molar-refractivity contribution in [2.45, 2.75) is 124 Å². The van der Waals surface area contributed by atoms with E-state index in [0.717, 1.165) is 39.4 Å². The molecule has 1 aliphatic heterocycles. The van der Waals surface area contributed by atoms with Crippen molar-refractivity contribution in [2.24, 2.45) is 0 Å². The lowest BCUT2D eigenvalue weighted by Crippen LogP contribution is -2.25. The zero-order valence-electron chi connectivity index (χ0n) is 41.8. The minimum absolute atomic E-state index is 0.00616. The van der Waals surface area contributed by atoms with Crippen molar-refractivity contribution in [3.05, 3.63) is 179 Å². The molecule has 0 N–H and O–H groups in total. The third-order valence-electron chi connectivity index (χ3n) is 13.8. The largest absolute Gasteiger partial charge is 0.457 e. The van der Waals surface area contributed by atoms with Crippen LogP contribution in [0.4, 0.5) is 22.7 Å². The summed E-state index contributed by atoms with van der Waals surface area (Å²) in [5.74, 6) is 2.43. The molecule has 9 rings (SSSR count). The summed E-state index contributed by atoms with van der Waals surface area (Å²) in [6, 6.07) is 51.0. The first-order chi connectivity index (χ1) is 31.0. The van der Waals surface area contributed by atoms with Crippen LogP contribution in [0.3, 0.4) is 0 Å². The molecule has 1 aliphatic rings. The summed E-state index contributed by atoms with van der Waals surface area (Å²) in [6.45, 7) is 33.2. The topological polar surface area (TPSA) is 33.5 Å². The van der Waals surface area contributed by atoms with Crippen LogP contribution >= 0.6 is 0 Å². The molecule has 0 amide bonds. The van der Waals surface area contributed by atoms with Crippen LogP contribution in [0, 0.1) is 0 Å². The summed E-state index contributed by atoms with van der Waals surface area (Å²) in [7, 11) is 0. The summed E-state index contributed by atoms with van der Waals surface area (Å²) in [5, 5.41) is 2.34. The molecule has 5 heteroatoms. The lowest BCUT2D eigenvalue weighted by molar-refractivity contribution is 0.483. The zero-order valence-corrected chi connectivity index (χ0v) is 41.8. The molecule has 3 heterocycles. The van der Waals surface area contributed by atoms with Gasteiger partial charge in [-0.05, 0) is 122 Å². The van der Waals surface area contributed by atoms with E-state index in [2.05, 4.69) is 251 Å². The Hall–Kier alpha value is -6.33. The highest BCUT2D eigenvalue weighted by Gasteiger charge is 2.35. The van der Waals surface area contributed by atoms with E-state index in [1.54, 1.807) is 0 Å². The molecule has 338 valence electrons. The van der Waals surface area contributed by atoms with Gasteiger partial charge < -0.3 is 14.5 Å². The van der Waals surface area contributed by atoms with E-state index in [1.807, 2.05) is 6.20 Å². The van der Waals surface area contributed by atoms with Gasteiger partial charge in [0, 0.05) is 45.9 Å². The average molecular weight is 873 g/mol. The molecular weight excluding hydrogens is 805 g/mol. The molecule has 66 heavy (non-hydrogen) atoms. The van der Waals surface area contributed by atoms with E-state index in [0.29, 0.717) is 6.67 Å². The standard InChI is InChI=1S/C61H68N4O/c1-57(2,3)42-31-43(58(4,5)6)33-45(32-42)64-39-63(54-37-50(59(7,8)9)51(38-55(54)64)60(10,11)12)44-23-20-24-46(35-44)66-47-27-28-49-48-25-18-19-26-52(48)65(53(49)36-47)56-34-41(29-30-62-56)61(13,14)40-21-16-15-17-22-40/h15-38H,39H2,1-14H3. The van der Waals surface area contributed by atoms with Crippen molar-refractivity contribution < 1.29 is 4.74 Å². The summed E-state index contributed by atoms with van der Waals surface area (Å²) in [4.78, 5) is 10.00. The average Bonchev–Trinajstić information content (AvgIpc) is 3.81. The Morgan fingerprint density at radius 1 is 0.424 bits per heavy atom. The Balaban J connectivity index is 1.13. The van der Waals surface area contributed by atoms with Crippen LogP contribution in [-0.2, 0) is 27.1 Å². The van der Waals surface area contributed by atoms with Crippen molar-refractivity contribution in [1.29, 1.82) is 0 Å². The van der Waals surface area contributed by atoms with Gasteiger partial charge in [-0.1, -0.05) is 158 Å². The van der Waals surface area contributed by atoms with Crippen LogP contribution in [0.5, 0.6) is 11.5 Å². The second kappa shape index (κ2) is 15.9. The SMILES string of the molecule is CC(C)(C)c1cc(N2CN(c3cccc(Oc4ccc5c6ccccc6n(-c6cc(C(C)(C)c7ccccc7)ccn6)c5c4)c3)c3cc(C(C)(C)C)c(C(C)(C)C)cc32)cc(C(C)(C)C)c1. The molecule has 8 aromatic rings. The van der Waals surface area contributed by atoms with Crippen molar-refractivity contribution in [1.82, 2.24) is 9.55 Å². The highest BCUT2D eigenvalue weighted by Crippen LogP contribution is 2.51. The Bertz CT molecular complexity index is 3080. The predicted molar refractivity (Wildman–Crippen MR) is 280 cm³/mol. The highest BCUT2D eigenvalue weighted by molar-refractivity contribution is 6.09. The summed E-state index contributed by atoms with van der Waals surface area (Å²) < 4.78 is 9.17. The van der Waals surface area contributed by atoms with Crippen LogP contribution < -0.4 is 14.5 Å². The molecule has 0 bridgehead atoms. The van der Waals surface area contributed by atoms with Gasteiger partial charge >= 0.3 is 0 Å². The Morgan fingerprint density at radius 3 is 1.62 bits per heavy atom. The zero-order chi connectivity index (χ0) is 47.1. The Kier molecular flexibility index (Phi) is 10.8. The molecule has 6 aromatic carbocycles. The maximum Gasteiger partial charge on any atom is 0.137 e. The second-order valence-electron chi connectivity index (χ2n) is 23.2. The molecule has 0 aliphatic carbocycles. The number of hydrogen-bond donors (Lipinski definition) is 0. The van der Waals surface area contributed by atoms with Gasteiger partial charge in [-0.25, -0.2) is 4.98 Å². The van der Waals surface area contributed by atoms with Gasteiger partial charge in [0.2, 0.25) is 0 Å². The minimum atomic E-state index is -0.209. The van der Waals surface area contributed by atoms with E-state index in [-0.39, 0.29) is 27.1 Å². The van der Waals surface area contributed by atoms with Gasteiger partial charge in [0.1, 0.15) is 24.0 Å². The summed E-state index contributed by atoms with van der Waals surface area (Å²) in [5.41, 5.74) is 14.5. The first-order valence-corrected chi connectivity index (χ1v) is 23.7. The normalized spacial score (nSPS) is 13.8. The first-order valence-electron chi connectivity index (χ1n) is 23.7. The monoisotopic (exact) mass is 873 g/mol. The third-order valence-corrected chi connectivity index (χ3v) is 13.8. The molecule has 0 saturated heterocycles. The van der Waals surface area contributed by atoms with E-state index in [1.165, 1.54) is 55.8 Å². The van der Waals surface area contributed by atoms with Crippen LogP contribution in [0.25, 0.3) is 27.6 Å². The van der Waals surface area contributed by atoms with Gasteiger partial charge in [0.25, 0.3) is 0 Å². The number of rotatable bonds is 7. The molecular formula is C61H68N4O. The van der Waals surface area contributed by atoms with Gasteiger partial charge in [0.05, 0.1) is 22.4 Å². The minimum Gasteiger partial charge on any atom is -0.457 e. The predicted octanol–water partition coefficient (Wildman–Crippen LogP) is 16.7. The second-order valence-corrected chi connectivity index (χ2v) is 23.2. The fraction of sp³-hybridized carbons (Fsp3) is 0.328. The molecule has 2 aromatic heterocycles. The molecule has 0 radical (unpaired) electrons. The van der Waals surface area contributed by atoms with Crippen LogP contribution in [0.15, 0.2) is 146 Å². The number of para-hydroxylation sites is 1. The van der Waals surface area contributed by atoms with Gasteiger partial charge in [-0.15, -0.1) is 0 Å². The van der Waals surface area contributed by atoms with Gasteiger partial charge in [-0.3, -0.25) is 4.57 Å². The lowest BCUT2D eigenvalue weighted by Gasteiger charge is -2.32. The summed E-state index contributed by atoms with van der Waals surface area (Å²) >= 11 is 0. The van der Waals surface area contributed by atoms with Crippen LogP contribution in [0.2, 0.25) is 0 Å². The van der Waals surface area contributed by atoms with Crippen molar-refractivity contribution >= 4 is 44.6 Å². The smallest absolute Gasteiger partial charge is 0.137 e. The summed E-state index contributed by atoms with van der Waals surface area (Å²) in [6.07, 6.45) is 1.94. The van der Waals surface area contributed by atoms with Gasteiger partial charge in [-0.2, -0.15) is 0 Å². The maximum absolute atomic E-state index is 6.88. The molecule has 0 spiro atoms. The first kappa shape index (κ1) is 44.9. The number of anilines is 4. The Labute approximate surface area is 394 Å². The van der Waals surface area contributed by atoms with E-state index < -0.39 is 0 Å². The molecule has 5 nitrogen and oxygen atoms in total. The number of benzene rings is 6. The van der Waals surface area contributed by atoms with Crippen molar-refractivity contribution in [2.75, 3.05) is 16.5 Å². The molecule has 0 saturated carbocycles. The van der Waals surface area contributed by atoms with E-state index >= 15 is 0 Å². The number of hydrogen-bond acceptors (Lipinski definition) is 4. The molecule has 0 fully saturated rings. The molecule has 0 atom stereocenters. The third kappa shape index (κ3) is 8.27. The maximum atomic E-state index is 6.88. The van der Waals surface area contributed by atoms with Gasteiger partial charge in [0.15, 0.2) is 0 Å². The number of ether oxygens (including phenoxy) is 1. The molecule has 0 unspecified atom stereocenters. The number of pyridine rings is 1. The van der Waals surface area contributed by atoms with E-state index in [9.17, 15) is 0 Å². The number of fused-ring (bicyclic) bond motifs is 4. The number of aromatic nitrogens is 2. The number of nitrogens with zero attached hydrogens (tertiary/aromatic N) is 4. The Morgan fingerprint density at radius 2 is 1.00 bits per heavy atom. The van der Waals surface area contributed by atoms with E-state index in [4.69, 9.17) is 9.72 Å². The van der Waals surface area contributed by atoms with Crippen LogP contribution in [0.1, 0.15) is 130 Å².